The average Bonchev–Trinajstić information content (AvgIpc) is 2.93. The molecule has 5 saturated carbocycles. The van der Waals surface area contributed by atoms with Crippen molar-refractivity contribution < 1.29 is 9.90 Å². The summed E-state index contributed by atoms with van der Waals surface area (Å²) in [5.41, 5.74) is -0.0123. The van der Waals surface area contributed by atoms with E-state index in [1.165, 1.54) is 44.9 Å². The van der Waals surface area contributed by atoms with Crippen LogP contribution in [-0.2, 0) is 4.79 Å². The van der Waals surface area contributed by atoms with E-state index in [1.807, 2.05) is 0 Å². The van der Waals surface area contributed by atoms with E-state index in [4.69, 9.17) is 0 Å². The van der Waals surface area contributed by atoms with Crippen LogP contribution in [0.3, 0.4) is 0 Å². The molecule has 5 fully saturated rings. The van der Waals surface area contributed by atoms with Gasteiger partial charge in [0.1, 0.15) is 0 Å². The summed E-state index contributed by atoms with van der Waals surface area (Å²) in [6.45, 7) is 0.931. The van der Waals surface area contributed by atoms with E-state index >= 15 is 0 Å². The molecule has 5 aliphatic carbocycles. The van der Waals surface area contributed by atoms with Crippen LogP contribution in [-0.4, -0.2) is 24.2 Å². The molecular weight excluding hydrogens is 262 g/mol. The highest BCUT2D eigenvalue weighted by Gasteiger charge is 2.50. The molecule has 0 aromatic rings. The van der Waals surface area contributed by atoms with Crippen LogP contribution in [0.25, 0.3) is 0 Å². The summed E-state index contributed by atoms with van der Waals surface area (Å²) in [6.07, 6.45) is 11.2. The molecule has 3 heteroatoms. The van der Waals surface area contributed by atoms with Crippen molar-refractivity contribution in [3.8, 4) is 0 Å². The van der Waals surface area contributed by atoms with Crippen LogP contribution >= 0.6 is 0 Å². The molecule has 5 aliphatic rings. The Morgan fingerprint density at radius 3 is 2.10 bits per heavy atom. The van der Waals surface area contributed by atoms with E-state index in [1.54, 1.807) is 0 Å². The Hall–Kier alpha value is -0.570. The maximum atomic E-state index is 12.8. The Balaban J connectivity index is 1.39. The van der Waals surface area contributed by atoms with Crippen molar-refractivity contribution in [1.82, 2.24) is 5.32 Å². The number of nitrogens with one attached hydrogen (secondary N) is 1. The largest absolute Gasteiger partial charge is 0.396 e. The number of amides is 1. The van der Waals surface area contributed by atoms with Crippen molar-refractivity contribution in [2.45, 2.75) is 57.8 Å². The summed E-state index contributed by atoms with van der Waals surface area (Å²) >= 11 is 0. The fraction of sp³-hybridized carbons (Fsp3) is 0.944. The summed E-state index contributed by atoms with van der Waals surface area (Å²) in [4.78, 5) is 12.8. The Morgan fingerprint density at radius 2 is 1.57 bits per heavy atom. The van der Waals surface area contributed by atoms with Crippen molar-refractivity contribution in [2.24, 2.45) is 35.0 Å². The molecule has 0 spiro atoms. The average molecular weight is 291 g/mol. The first-order chi connectivity index (χ1) is 10.2. The van der Waals surface area contributed by atoms with Crippen molar-refractivity contribution in [1.29, 1.82) is 0 Å². The molecule has 0 saturated heterocycles. The van der Waals surface area contributed by atoms with Gasteiger partial charge in [-0.1, -0.05) is 12.8 Å². The molecule has 0 heterocycles. The monoisotopic (exact) mass is 291 g/mol. The molecule has 0 aliphatic heterocycles. The van der Waals surface area contributed by atoms with E-state index in [2.05, 4.69) is 5.32 Å². The smallest absolute Gasteiger partial charge is 0.223 e. The fourth-order valence-corrected chi connectivity index (χ4v) is 6.26. The Kier molecular flexibility index (Phi) is 3.52. The maximum Gasteiger partial charge on any atom is 0.223 e. The molecule has 3 nitrogen and oxygen atoms in total. The van der Waals surface area contributed by atoms with Crippen molar-refractivity contribution in [3.63, 3.8) is 0 Å². The van der Waals surface area contributed by atoms with Gasteiger partial charge in [-0.2, -0.15) is 0 Å². The highest BCUT2D eigenvalue weighted by atomic mass is 16.3. The fourth-order valence-electron chi connectivity index (χ4n) is 6.26. The van der Waals surface area contributed by atoms with Gasteiger partial charge in [0.05, 0.1) is 6.61 Å². The minimum Gasteiger partial charge on any atom is -0.396 e. The lowest BCUT2D eigenvalue weighted by molar-refractivity contribution is -0.138. The second kappa shape index (κ2) is 5.26. The molecule has 4 bridgehead atoms. The Labute approximate surface area is 127 Å². The summed E-state index contributed by atoms with van der Waals surface area (Å²) in [7, 11) is 0. The third-order valence-electron chi connectivity index (χ3n) is 7.17. The van der Waals surface area contributed by atoms with E-state index in [0.29, 0.717) is 24.3 Å². The predicted octanol–water partition coefficient (Wildman–Crippen LogP) is 2.73. The third kappa shape index (κ3) is 2.42. The normalized spacial score (nSPS) is 43.2. The number of hydrogen-bond donors (Lipinski definition) is 2. The van der Waals surface area contributed by atoms with Crippen molar-refractivity contribution in [2.75, 3.05) is 13.2 Å². The quantitative estimate of drug-likeness (QED) is 0.836. The lowest BCUT2D eigenvalue weighted by Gasteiger charge is -2.53. The van der Waals surface area contributed by atoms with Gasteiger partial charge in [-0.25, -0.2) is 0 Å². The van der Waals surface area contributed by atoms with Crippen LogP contribution in [0.2, 0.25) is 0 Å². The third-order valence-corrected chi connectivity index (χ3v) is 7.17. The van der Waals surface area contributed by atoms with Crippen LogP contribution in [0.1, 0.15) is 57.8 Å². The molecule has 0 aromatic heterocycles. The lowest BCUT2D eigenvalue weighted by Crippen LogP contribution is -2.52. The van der Waals surface area contributed by atoms with E-state index in [9.17, 15) is 9.90 Å². The molecule has 1 amide bonds. The zero-order valence-electron chi connectivity index (χ0n) is 13.0. The van der Waals surface area contributed by atoms with E-state index < -0.39 is 0 Å². The van der Waals surface area contributed by atoms with Gasteiger partial charge in [0.25, 0.3) is 0 Å². The second-order valence-corrected chi connectivity index (χ2v) is 8.54. The van der Waals surface area contributed by atoms with Crippen LogP contribution in [0, 0.1) is 35.0 Å². The highest BCUT2D eigenvalue weighted by molar-refractivity contribution is 5.79. The minimum atomic E-state index is -0.0123. The van der Waals surface area contributed by atoms with Crippen LogP contribution < -0.4 is 5.32 Å². The molecule has 118 valence electrons. The standard InChI is InChI=1S/C18H29NO2/c20-11-18(3-1-2-4-18)10-19-17(21)16-14-6-12-5-13(8-14)9-15(16)7-12/h12-16,20H,1-11H2,(H,19,21). The molecule has 0 aromatic carbocycles. The number of carbonyl (C=O) groups excluding carboxylic acids is 1. The topological polar surface area (TPSA) is 49.3 Å². The van der Waals surface area contributed by atoms with Gasteiger partial charge >= 0.3 is 0 Å². The zero-order chi connectivity index (χ0) is 14.4. The molecule has 0 radical (unpaired) electrons. The number of hydrogen-bond acceptors (Lipinski definition) is 2. The van der Waals surface area contributed by atoms with Gasteiger partial charge < -0.3 is 10.4 Å². The summed E-state index contributed by atoms with van der Waals surface area (Å²) in [5.74, 6) is 3.77. The van der Waals surface area contributed by atoms with Gasteiger partial charge in [-0.05, 0) is 68.6 Å². The first kappa shape index (κ1) is 14.0. The van der Waals surface area contributed by atoms with Gasteiger partial charge in [0.2, 0.25) is 5.91 Å². The van der Waals surface area contributed by atoms with Gasteiger partial charge in [0.15, 0.2) is 0 Å². The van der Waals surface area contributed by atoms with Gasteiger partial charge in [-0.15, -0.1) is 0 Å². The lowest BCUT2D eigenvalue weighted by atomic mass is 9.51. The molecule has 0 atom stereocenters. The SMILES string of the molecule is O=C(NCC1(CO)CCCC1)C1C2CC3CC(C2)CC1C3. The number of aliphatic hydroxyl groups excluding tert-OH is 1. The van der Waals surface area contributed by atoms with E-state index in [0.717, 1.165) is 24.7 Å². The van der Waals surface area contributed by atoms with Gasteiger partial charge in [-0.3, -0.25) is 4.79 Å². The minimum absolute atomic E-state index is 0.0123. The zero-order valence-corrected chi connectivity index (χ0v) is 13.0. The van der Waals surface area contributed by atoms with Crippen LogP contribution in [0.5, 0.6) is 0 Å². The number of aliphatic hydroxyl groups is 1. The molecule has 5 rings (SSSR count). The first-order valence-corrected chi connectivity index (χ1v) is 9.08. The van der Waals surface area contributed by atoms with Gasteiger partial charge in [0, 0.05) is 17.9 Å². The van der Waals surface area contributed by atoms with E-state index in [-0.39, 0.29) is 17.9 Å². The summed E-state index contributed by atoms with van der Waals surface area (Å²) in [5, 5.41) is 12.9. The first-order valence-electron chi connectivity index (χ1n) is 9.08. The Morgan fingerprint density at radius 1 is 1.00 bits per heavy atom. The highest BCUT2D eigenvalue weighted by Crippen LogP contribution is 2.56. The second-order valence-electron chi connectivity index (χ2n) is 8.54. The number of rotatable bonds is 4. The molecule has 21 heavy (non-hydrogen) atoms. The van der Waals surface area contributed by atoms with Crippen molar-refractivity contribution in [3.05, 3.63) is 0 Å². The maximum absolute atomic E-state index is 12.8. The number of carbonyl (C=O) groups is 1. The molecular formula is C18H29NO2. The van der Waals surface area contributed by atoms with Crippen molar-refractivity contribution >= 4 is 5.91 Å². The van der Waals surface area contributed by atoms with Crippen LogP contribution in [0.15, 0.2) is 0 Å². The molecule has 2 N–H and O–H groups in total. The summed E-state index contributed by atoms with van der Waals surface area (Å²) in [6, 6.07) is 0. The molecule has 0 unspecified atom stereocenters. The summed E-state index contributed by atoms with van der Waals surface area (Å²) < 4.78 is 0. The Bertz CT molecular complexity index is 385. The van der Waals surface area contributed by atoms with Crippen LogP contribution in [0.4, 0.5) is 0 Å². The predicted molar refractivity (Wildman–Crippen MR) is 81.5 cm³/mol.